The second-order valence-electron chi connectivity index (χ2n) is 4.46. The van der Waals surface area contributed by atoms with E-state index in [1.54, 1.807) is 0 Å². The van der Waals surface area contributed by atoms with Gasteiger partial charge in [-0.05, 0) is 0 Å². The number of anilines is 2. The molecular formula is C9H17N5. The van der Waals surface area contributed by atoms with Crippen LogP contribution in [0.1, 0.15) is 26.6 Å². The maximum Gasteiger partial charge on any atom is 0.229 e. The Morgan fingerprint density at radius 3 is 2.07 bits per heavy atom. The molecule has 5 nitrogen and oxygen atoms in total. The maximum absolute atomic E-state index is 5.60. The number of hydrogen-bond acceptors (Lipinski definition) is 5. The van der Waals surface area contributed by atoms with E-state index in [0.29, 0.717) is 11.8 Å². The second kappa shape index (κ2) is 3.40. The first kappa shape index (κ1) is 10.7. The predicted molar refractivity (Wildman–Crippen MR) is 57.3 cm³/mol. The van der Waals surface area contributed by atoms with Crippen LogP contribution in [0.3, 0.4) is 0 Å². The summed E-state index contributed by atoms with van der Waals surface area (Å²) < 4.78 is 0. The lowest BCUT2D eigenvalue weighted by Gasteiger charge is -2.18. The molecule has 1 aromatic heterocycles. The topological polar surface area (TPSA) is 67.9 Å². The summed E-state index contributed by atoms with van der Waals surface area (Å²) in [4.78, 5) is 14.3. The first-order valence-electron chi connectivity index (χ1n) is 4.50. The highest BCUT2D eigenvalue weighted by Gasteiger charge is 2.19. The average molecular weight is 195 g/mol. The van der Waals surface area contributed by atoms with E-state index in [-0.39, 0.29) is 11.4 Å². The summed E-state index contributed by atoms with van der Waals surface area (Å²) in [5.41, 5.74) is 5.50. The number of nitrogens with zero attached hydrogens (tertiary/aromatic N) is 4. The molecule has 0 atom stereocenters. The van der Waals surface area contributed by atoms with Crippen molar-refractivity contribution in [3.8, 4) is 0 Å². The van der Waals surface area contributed by atoms with Crippen LogP contribution in [0.15, 0.2) is 0 Å². The second-order valence-corrected chi connectivity index (χ2v) is 4.46. The molecule has 5 heteroatoms. The van der Waals surface area contributed by atoms with Gasteiger partial charge in [0.1, 0.15) is 5.82 Å². The van der Waals surface area contributed by atoms with Crippen LogP contribution < -0.4 is 10.6 Å². The third-order valence-corrected chi connectivity index (χ3v) is 1.71. The average Bonchev–Trinajstić information content (AvgIpc) is 2.01. The number of rotatable bonds is 1. The van der Waals surface area contributed by atoms with Crippen molar-refractivity contribution in [3.05, 3.63) is 5.82 Å². The third kappa shape index (κ3) is 2.31. The van der Waals surface area contributed by atoms with Crippen molar-refractivity contribution in [2.24, 2.45) is 0 Å². The monoisotopic (exact) mass is 195 g/mol. The predicted octanol–water partition coefficient (Wildman–Crippen LogP) is 0.817. The minimum Gasteiger partial charge on any atom is -0.368 e. The van der Waals surface area contributed by atoms with Gasteiger partial charge in [-0.15, -0.1) is 0 Å². The molecule has 1 rings (SSSR count). The van der Waals surface area contributed by atoms with Gasteiger partial charge < -0.3 is 10.6 Å². The van der Waals surface area contributed by atoms with Gasteiger partial charge in [-0.25, -0.2) is 0 Å². The quantitative estimate of drug-likeness (QED) is 0.718. The van der Waals surface area contributed by atoms with E-state index in [0.717, 1.165) is 0 Å². The summed E-state index contributed by atoms with van der Waals surface area (Å²) in [7, 11) is 3.75. The van der Waals surface area contributed by atoms with Crippen LogP contribution in [-0.4, -0.2) is 29.0 Å². The molecule has 0 unspecified atom stereocenters. The Balaban J connectivity index is 3.21. The highest BCUT2D eigenvalue weighted by molar-refractivity contribution is 5.33. The zero-order chi connectivity index (χ0) is 10.9. The van der Waals surface area contributed by atoms with Crippen molar-refractivity contribution < 1.29 is 0 Å². The van der Waals surface area contributed by atoms with Gasteiger partial charge in [0.15, 0.2) is 0 Å². The molecular weight excluding hydrogens is 178 g/mol. The lowest BCUT2D eigenvalue weighted by atomic mass is 9.96. The Labute approximate surface area is 84.4 Å². The summed E-state index contributed by atoms with van der Waals surface area (Å²) >= 11 is 0. The molecule has 0 saturated heterocycles. The molecule has 0 spiro atoms. The first-order valence-corrected chi connectivity index (χ1v) is 4.50. The van der Waals surface area contributed by atoms with Gasteiger partial charge in [0.2, 0.25) is 11.9 Å². The summed E-state index contributed by atoms with van der Waals surface area (Å²) in [6.07, 6.45) is 0. The maximum atomic E-state index is 5.60. The Hall–Kier alpha value is -1.39. The molecule has 0 radical (unpaired) electrons. The van der Waals surface area contributed by atoms with Crippen molar-refractivity contribution in [2.45, 2.75) is 26.2 Å². The fraction of sp³-hybridized carbons (Fsp3) is 0.667. The lowest BCUT2D eigenvalue weighted by Crippen LogP contribution is -2.22. The SMILES string of the molecule is CN(C)c1nc(N)nc(C(C)(C)C)n1. The Kier molecular flexibility index (Phi) is 2.59. The van der Waals surface area contributed by atoms with Crippen LogP contribution in [-0.2, 0) is 5.41 Å². The van der Waals surface area contributed by atoms with Crippen LogP contribution in [0.25, 0.3) is 0 Å². The number of nitrogen functional groups attached to an aromatic ring is 1. The van der Waals surface area contributed by atoms with Crippen LogP contribution in [0.4, 0.5) is 11.9 Å². The van der Waals surface area contributed by atoms with E-state index in [9.17, 15) is 0 Å². The van der Waals surface area contributed by atoms with E-state index in [1.165, 1.54) is 0 Å². The molecule has 78 valence electrons. The molecule has 0 saturated carbocycles. The summed E-state index contributed by atoms with van der Waals surface area (Å²) in [5.74, 6) is 1.59. The van der Waals surface area contributed by atoms with Crippen LogP contribution in [0.5, 0.6) is 0 Å². The fourth-order valence-electron chi connectivity index (χ4n) is 0.916. The standard InChI is InChI=1S/C9H17N5/c1-9(2,3)6-11-7(10)13-8(12-6)14(4)5/h1-5H3,(H2,10,11,12,13). The summed E-state index contributed by atoms with van der Waals surface area (Å²) in [5, 5.41) is 0. The molecule has 0 aliphatic carbocycles. The Bertz CT molecular complexity index is 326. The zero-order valence-electron chi connectivity index (χ0n) is 9.37. The molecule has 2 N–H and O–H groups in total. The molecule has 14 heavy (non-hydrogen) atoms. The number of hydrogen-bond donors (Lipinski definition) is 1. The van der Waals surface area contributed by atoms with Crippen molar-refractivity contribution in [2.75, 3.05) is 24.7 Å². The third-order valence-electron chi connectivity index (χ3n) is 1.71. The van der Waals surface area contributed by atoms with Gasteiger partial charge in [-0.1, -0.05) is 20.8 Å². The summed E-state index contributed by atoms with van der Waals surface area (Å²) in [6.45, 7) is 6.13. The van der Waals surface area contributed by atoms with E-state index in [4.69, 9.17) is 5.73 Å². The van der Waals surface area contributed by atoms with Crippen LogP contribution in [0, 0.1) is 0 Å². The highest BCUT2D eigenvalue weighted by Crippen LogP contribution is 2.19. The van der Waals surface area contributed by atoms with Crippen molar-refractivity contribution in [1.29, 1.82) is 0 Å². The van der Waals surface area contributed by atoms with Gasteiger partial charge in [-0.2, -0.15) is 15.0 Å². The Morgan fingerprint density at radius 2 is 1.64 bits per heavy atom. The van der Waals surface area contributed by atoms with Crippen molar-refractivity contribution in [1.82, 2.24) is 15.0 Å². The molecule has 1 heterocycles. The molecule has 0 bridgehead atoms. The van der Waals surface area contributed by atoms with E-state index in [1.807, 2.05) is 39.8 Å². The first-order chi connectivity index (χ1) is 6.30. The minimum absolute atomic E-state index is 0.109. The molecule has 0 aliphatic heterocycles. The largest absolute Gasteiger partial charge is 0.368 e. The number of aromatic nitrogens is 3. The van der Waals surface area contributed by atoms with E-state index < -0.39 is 0 Å². The van der Waals surface area contributed by atoms with Gasteiger partial charge in [-0.3, -0.25) is 0 Å². The van der Waals surface area contributed by atoms with Crippen molar-refractivity contribution >= 4 is 11.9 Å². The molecule has 0 amide bonds. The van der Waals surface area contributed by atoms with Gasteiger partial charge in [0.05, 0.1) is 0 Å². The molecule has 0 aliphatic rings. The minimum atomic E-state index is -0.109. The summed E-state index contributed by atoms with van der Waals surface area (Å²) in [6, 6.07) is 0. The van der Waals surface area contributed by atoms with E-state index >= 15 is 0 Å². The van der Waals surface area contributed by atoms with Crippen LogP contribution in [0.2, 0.25) is 0 Å². The van der Waals surface area contributed by atoms with Gasteiger partial charge in [0, 0.05) is 19.5 Å². The van der Waals surface area contributed by atoms with Gasteiger partial charge in [0.25, 0.3) is 0 Å². The van der Waals surface area contributed by atoms with E-state index in [2.05, 4.69) is 15.0 Å². The fourth-order valence-corrected chi connectivity index (χ4v) is 0.916. The molecule has 0 fully saturated rings. The van der Waals surface area contributed by atoms with Crippen LogP contribution >= 0.6 is 0 Å². The van der Waals surface area contributed by atoms with Gasteiger partial charge >= 0.3 is 0 Å². The van der Waals surface area contributed by atoms with Crippen molar-refractivity contribution in [3.63, 3.8) is 0 Å². The smallest absolute Gasteiger partial charge is 0.229 e. The normalized spacial score (nSPS) is 11.5. The highest BCUT2D eigenvalue weighted by atomic mass is 15.3. The molecule has 0 aromatic carbocycles. The lowest BCUT2D eigenvalue weighted by molar-refractivity contribution is 0.543. The Morgan fingerprint density at radius 1 is 1.07 bits per heavy atom. The molecule has 1 aromatic rings. The number of nitrogens with two attached hydrogens (primary N) is 1. The zero-order valence-corrected chi connectivity index (χ0v) is 9.37.